The molecule has 1 aromatic carbocycles. The summed E-state index contributed by atoms with van der Waals surface area (Å²) in [7, 11) is -3.92. The number of H-pyrrole nitrogens is 1. The van der Waals surface area contributed by atoms with Gasteiger partial charge in [0.05, 0.1) is 16.6 Å². The Labute approximate surface area is 193 Å². The van der Waals surface area contributed by atoms with E-state index in [0.29, 0.717) is 12.8 Å². The molecule has 178 valence electrons. The van der Waals surface area contributed by atoms with Crippen LogP contribution in [-0.2, 0) is 37.2 Å². The highest BCUT2D eigenvalue weighted by atomic mass is 32.2. The Kier molecular flexibility index (Phi) is 8.15. The molecule has 1 aromatic heterocycles. The minimum Gasteiger partial charge on any atom is -0.349 e. The number of carbonyl (C=O) groups excluding carboxylic acids is 3. The van der Waals surface area contributed by atoms with E-state index in [-0.39, 0.29) is 36.6 Å². The Hall–Kier alpha value is -2.85. The van der Waals surface area contributed by atoms with E-state index >= 15 is 0 Å². The molecule has 2 bridgehead atoms. The van der Waals surface area contributed by atoms with Gasteiger partial charge in [-0.15, -0.1) is 0 Å². The molecule has 1 aliphatic heterocycles. The van der Waals surface area contributed by atoms with Gasteiger partial charge < -0.3 is 5.32 Å². The first-order valence-corrected chi connectivity index (χ1v) is 12.6. The highest BCUT2D eigenvalue weighted by Gasteiger charge is 2.32. The van der Waals surface area contributed by atoms with Crippen LogP contribution in [0, 0.1) is 11.8 Å². The van der Waals surface area contributed by atoms with Gasteiger partial charge in [-0.25, -0.2) is 13.1 Å². The fourth-order valence-electron chi connectivity index (χ4n) is 3.85. The lowest BCUT2D eigenvalue weighted by atomic mass is 9.88. The van der Waals surface area contributed by atoms with Crippen molar-refractivity contribution in [1.82, 2.24) is 20.2 Å². The molecule has 10 heteroatoms. The van der Waals surface area contributed by atoms with Crippen LogP contribution in [0.15, 0.2) is 41.3 Å². The standard InChI is InChI=1S/C23H30N4O5S/c1-15(2)12-20(27-33(31,32)19-6-4-3-5-7-19)21(28)13-16-8-9-17-14-18(26-25-17)10-11-24-23(30)22(16)29/h3-7,14-16,20,27H,8-13H2,1-2H3,(H,24,30)(H,25,26). The number of aromatic nitrogens is 2. The first kappa shape index (κ1) is 24.8. The number of sulfonamides is 1. The number of rotatable bonds is 8. The van der Waals surface area contributed by atoms with Crippen LogP contribution in [0.5, 0.6) is 0 Å². The van der Waals surface area contributed by atoms with Gasteiger partial charge in [0.1, 0.15) is 0 Å². The van der Waals surface area contributed by atoms with Crippen LogP contribution < -0.4 is 10.0 Å². The molecule has 0 saturated heterocycles. The van der Waals surface area contributed by atoms with E-state index in [4.69, 9.17) is 0 Å². The number of fused-ring (bicyclic) bond motifs is 2. The molecule has 0 aliphatic carbocycles. The number of nitrogens with zero attached hydrogens (tertiary/aromatic N) is 1. The number of hydrogen-bond acceptors (Lipinski definition) is 6. The van der Waals surface area contributed by atoms with Crippen LogP contribution in [-0.4, -0.2) is 48.7 Å². The zero-order valence-corrected chi connectivity index (χ0v) is 19.7. The Balaban J connectivity index is 1.78. The Morgan fingerprint density at radius 3 is 2.61 bits per heavy atom. The van der Waals surface area contributed by atoms with Crippen molar-refractivity contribution < 1.29 is 22.8 Å². The molecule has 1 aliphatic rings. The molecule has 9 nitrogen and oxygen atoms in total. The Morgan fingerprint density at radius 1 is 1.18 bits per heavy atom. The minimum atomic E-state index is -3.92. The summed E-state index contributed by atoms with van der Waals surface area (Å²) in [4.78, 5) is 38.4. The molecule has 2 heterocycles. The summed E-state index contributed by atoms with van der Waals surface area (Å²) in [5, 5.41) is 9.69. The van der Waals surface area contributed by atoms with Crippen molar-refractivity contribution in [2.45, 2.75) is 56.9 Å². The van der Waals surface area contributed by atoms with Gasteiger partial charge in [-0.2, -0.15) is 5.10 Å². The van der Waals surface area contributed by atoms with E-state index in [2.05, 4.69) is 20.2 Å². The van der Waals surface area contributed by atoms with Crippen LogP contribution in [0.25, 0.3) is 0 Å². The van der Waals surface area contributed by atoms with Gasteiger partial charge in [0.25, 0.3) is 5.91 Å². The molecule has 2 aromatic rings. The van der Waals surface area contributed by atoms with Gasteiger partial charge in [0.2, 0.25) is 15.8 Å². The second-order valence-electron chi connectivity index (χ2n) is 8.78. The third kappa shape index (κ3) is 6.82. The van der Waals surface area contributed by atoms with E-state index in [1.54, 1.807) is 18.2 Å². The first-order chi connectivity index (χ1) is 15.7. The largest absolute Gasteiger partial charge is 0.349 e. The number of aryl methyl sites for hydroxylation is 1. The molecule has 3 N–H and O–H groups in total. The summed E-state index contributed by atoms with van der Waals surface area (Å²) in [5.41, 5.74) is 1.62. The van der Waals surface area contributed by atoms with Crippen molar-refractivity contribution in [3.05, 3.63) is 47.8 Å². The predicted octanol–water partition coefficient (Wildman–Crippen LogP) is 1.55. The fourth-order valence-corrected chi connectivity index (χ4v) is 5.11. The molecule has 0 saturated carbocycles. The van der Waals surface area contributed by atoms with Gasteiger partial charge in [0, 0.05) is 31.0 Å². The van der Waals surface area contributed by atoms with Crippen molar-refractivity contribution in [3.8, 4) is 0 Å². The zero-order valence-electron chi connectivity index (χ0n) is 18.8. The van der Waals surface area contributed by atoms with Crippen LogP contribution in [0.2, 0.25) is 0 Å². The molecule has 0 radical (unpaired) electrons. The Bertz CT molecular complexity index is 1100. The molecule has 2 atom stereocenters. The van der Waals surface area contributed by atoms with Gasteiger partial charge >= 0.3 is 0 Å². The second-order valence-corrected chi connectivity index (χ2v) is 10.5. The zero-order chi connectivity index (χ0) is 24.0. The number of amides is 1. The van der Waals surface area contributed by atoms with E-state index in [0.717, 1.165) is 11.4 Å². The molecular formula is C23H30N4O5S. The number of ketones is 2. The van der Waals surface area contributed by atoms with Crippen molar-refractivity contribution >= 4 is 27.5 Å². The number of nitrogens with one attached hydrogen (secondary N) is 3. The number of Topliss-reactive ketones (excluding diaryl/α,β-unsaturated/α-hetero) is 2. The Morgan fingerprint density at radius 2 is 1.91 bits per heavy atom. The van der Waals surface area contributed by atoms with Crippen LogP contribution in [0.3, 0.4) is 0 Å². The summed E-state index contributed by atoms with van der Waals surface area (Å²) in [6, 6.07) is 8.71. The number of hydrogen-bond donors (Lipinski definition) is 3. The lowest BCUT2D eigenvalue weighted by Crippen LogP contribution is -2.44. The molecule has 0 spiro atoms. The van der Waals surface area contributed by atoms with Gasteiger partial charge in [-0.3, -0.25) is 19.5 Å². The van der Waals surface area contributed by atoms with E-state index in [9.17, 15) is 22.8 Å². The fraction of sp³-hybridized carbons (Fsp3) is 0.478. The lowest BCUT2D eigenvalue weighted by Gasteiger charge is -2.22. The van der Waals surface area contributed by atoms with E-state index in [1.807, 2.05) is 19.9 Å². The monoisotopic (exact) mass is 474 g/mol. The molecule has 1 amide bonds. The topological polar surface area (TPSA) is 138 Å². The van der Waals surface area contributed by atoms with Crippen molar-refractivity contribution in [2.24, 2.45) is 11.8 Å². The second kappa shape index (κ2) is 10.8. The minimum absolute atomic E-state index is 0.0346. The van der Waals surface area contributed by atoms with Gasteiger partial charge in [-0.05, 0) is 43.4 Å². The molecule has 2 unspecified atom stereocenters. The maximum absolute atomic E-state index is 13.2. The van der Waals surface area contributed by atoms with Crippen molar-refractivity contribution in [2.75, 3.05) is 6.54 Å². The maximum Gasteiger partial charge on any atom is 0.287 e. The van der Waals surface area contributed by atoms with Crippen LogP contribution in [0.1, 0.15) is 44.5 Å². The average Bonchev–Trinajstić information content (AvgIpc) is 3.22. The summed E-state index contributed by atoms with van der Waals surface area (Å²) in [6.07, 6.45) is 1.29. The van der Waals surface area contributed by atoms with Crippen molar-refractivity contribution in [1.29, 1.82) is 0 Å². The molecule has 33 heavy (non-hydrogen) atoms. The summed E-state index contributed by atoms with van der Waals surface area (Å²) in [5.74, 6) is -2.60. The van der Waals surface area contributed by atoms with E-state index in [1.165, 1.54) is 12.1 Å². The number of benzene rings is 1. The normalized spacial score (nSPS) is 18.5. The first-order valence-electron chi connectivity index (χ1n) is 11.1. The smallest absolute Gasteiger partial charge is 0.287 e. The van der Waals surface area contributed by atoms with Gasteiger partial charge in [0.15, 0.2) is 5.78 Å². The maximum atomic E-state index is 13.2. The van der Waals surface area contributed by atoms with Crippen molar-refractivity contribution in [3.63, 3.8) is 0 Å². The molecule has 0 fully saturated rings. The van der Waals surface area contributed by atoms with Crippen LogP contribution in [0.4, 0.5) is 0 Å². The summed E-state index contributed by atoms with van der Waals surface area (Å²) >= 11 is 0. The van der Waals surface area contributed by atoms with Crippen LogP contribution >= 0.6 is 0 Å². The quantitative estimate of drug-likeness (QED) is 0.496. The highest BCUT2D eigenvalue weighted by molar-refractivity contribution is 7.89. The lowest BCUT2D eigenvalue weighted by molar-refractivity contribution is -0.141. The summed E-state index contributed by atoms with van der Waals surface area (Å²) < 4.78 is 28.2. The van der Waals surface area contributed by atoms with E-state index < -0.39 is 39.5 Å². The number of carbonyl (C=O) groups is 3. The third-order valence-corrected chi connectivity index (χ3v) is 7.09. The van der Waals surface area contributed by atoms with Gasteiger partial charge in [-0.1, -0.05) is 32.0 Å². The average molecular weight is 475 g/mol. The summed E-state index contributed by atoms with van der Waals surface area (Å²) in [6.45, 7) is 4.04. The molecule has 3 rings (SSSR count). The molecular weight excluding hydrogens is 444 g/mol. The SMILES string of the molecule is CC(C)CC(NS(=O)(=O)c1ccccc1)C(=O)CC1CCc2cc(n[nH]2)CCNC(=O)C1=O. The third-order valence-electron chi connectivity index (χ3n) is 5.60. The number of aromatic amines is 1. The highest BCUT2D eigenvalue weighted by Crippen LogP contribution is 2.20. The predicted molar refractivity (Wildman–Crippen MR) is 122 cm³/mol.